The van der Waals surface area contributed by atoms with Crippen LogP contribution in [0.15, 0.2) is 34.8 Å². The molecule has 0 saturated heterocycles. The van der Waals surface area contributed by atoms with E-state index in [0.29, 0.717) is 26.1 Å². The van der Waals surface area contributed by atoms with Crippen molar-refractivity contribution in [1.82, 2.24) is 20.0 Å². The molecule has 0 aliphatic carbocycles. The van der Waals surface area contributed by atoms with Crippen molar-refractivity contribution in [1.29, 1.82) is 0 Å². The van der Waals surface area contributed by atoms with Crippen LogP contribution in [-0.2, 0) is 17.9 Å². The van der Waals surface area contributed by atoms with Crippen LogP contribution < -0.4 is 5.32 Å². The van der Waals surface area contributed by atoms with Crippen LogP contribution in [0.25, 0.3) is 0 Å². The Morgan fingerprint density at radius 3 is 2.81 bits per heavy atom. The Morgan fingerprint density at radius 1 is 1.27 bits per heavy atom. The minimum absolute atomic E-state index is 0.0829. The summed E-state index contributed by atoms with van der Waals surface area (Å²) in [7, 11) is 0. The molecular weight excluding hydrogens is 404 g/mol. The Morgan fingerprint density at radius 2 is 2.08 bits per heavy atom. The van der Waals surface area contributed by atoms with Crippen LogP contribution >= 0.6 is 15.9 Å². The predicted molar refractivity (Wildman–Crippen MR) is 95.7 cm³/mol. The molecule has 1 aliphatic rings. The molecule has 8 nitrogen and oxygen atoms in total. The van der Waals surface area contributed by atoms with Gasteiger partial charge in [-0.05, 0) is 24.1 Å². The smallest absolute Gasteiger partial charge is 0.356 e. The third-order valence-electron chi connectivity index (χ3n) is 4.02. The Balaban J connectivity index is 1.64. The van der Waals surface area contributed by atoms with Crippen molar-refractivity contribution in [2.75, 3.05) is 13.1 Å². The maximum atomic E-state index is 12.6. The highest BCUT2D eigenvalue weighted by molar-refractivity contribution is 9.10. The van der Waals surface area contributed by atoms with E-state index in [1.807, 2.05) is 24.3 Å². The lowest BCUT2D eigenvalue weighted by molar-refractivity contribution is -0.122. The minimum atomic E-state index is -1.18. The number of hydrogen-bond acceptors (Lipinski definition) is 4. The highest BCUT2D eigenvalue weighted by Crippen LogP contribution is 2.14. The molecule has 26 heavy (non-hydrogen) atoms. The van der Waals surface area contributed by atoms with Gasteiger partial charge < -0.3 is 15.3 Å². The third-order valence-corrected chi connectivity index (χ3v) is 4.51. The quantitative estimate of drug-likeness (QED) is 0.762. The molecule has 1 aromatic carbocycles. The van der Waals surface area contributed by atoms with Gasteiger partial charge in [-0.1, -0.05) is 28.1 Å². The van der Waals surface area contributed by atoms with Crippen molar-refractivity contribution < 1.29 is 19.5 Å². The van der Waals surface area contributed by atoms with Crippen molar-refractivity contribution in [2.24, 2.45) is 0 Å². The zero-order valence-corrected chi connectivity index (χ0v) is 15.4. The van der Waals surface area contributed by atoms with Gasteiger partial charge in [-0.3, -0.25) is 14.3 Å². The Kier molecular flexibility index (Phi) is 5.36. The number of nitrogens with zero attached hydrogens (tertiary/aromatic N) is 3. The van der Waals surface area contributed by atoms with Gasteiger partial charge in [-0.25, -0.2) is 4.79 Å². The number of carboxylic acids is 1. The first-order valence-electron chi connectivity index (χ1n) is 8.05. The number of hydrogen-bond donors (Lipinski definition) is 2. The van der Waals surface area contributed by atoms with E-state index in [0.717, 1.165) is 10.0 Å². The predicted octanol–water partition coefficient (Wildman–Crippen LogP) is 1.51. The molecule has 2 aromatic rings. The number of benzene rings is 1. The molecule has 2 N–H and O–H groups in total. The van der Waals surface area contributed by atoms with E-state index in [1.54, 1.807) is 0 Å². The van der Waals surface area contributed by atoms with E-state index >= 15 is 0 Å². The fourth-order valence-corrected chi connectivity index (χ4v) is 3.21. The van der Waals surface area contributed by atoms with Gasteiger partial charge in [-0.15, -0.1) is 0 Å². The second kappa shape index (κ2) is 7.69. The molecule has 9 heteroatoms. The number of aromatic carboxylic acids is 1. The molecule has 0 radical (unpaired) electrons. The first kappa shape index (κ1) is 18.1. The monoisotopic (exact) mass is 420 g/mol. The van der Waals surface area contributed by atoms with Crippen molar-refractivity contribution in [3.05, 3.63) is 51.8 Å². The first-order chi connectivity index (χ1) is 12.4. The number of carbonyl (C=O) groups is 3. The van der Waals surface area contributed by atoms with E-state index in [-0.39, 0.29) is 29.7 Å². The summed E-state index contributed by atoms with van der Waals surface area (Å²) in [5.74, 6) is -1.85. The Labute approximate surface area is 157 Å². The second-order valence-electron chi connectivity index (χ2n) is 5.93. The van der Waals surface area contributed by atoms with Gasteiger partial charge in [0.2, 0.25) is 5.91 Å². The number of nitrogens with one attached hydrogen (secondary N) is 1. The van der Waals surface area contributed by atoms with Gasteiger partial charge >= 0.3 is 5.97 Å². The van der Waals surface area contributed by atoms with E-state index in [1.165, 1.54) is 15.6 Å². The van der Waals surface area contributed by atoms with Gasteiger partial charge in [-0.2, -0.15) is 5.10 Å². The summed E-state index contributed by atoms with van der Waals surface area (Å²) in [4.78, 5) is 37.3. The summed E-state index contributed by atoms with van der Waals surface area (Å²) in [6.07, 6.45) is 0.596. The van der Waals surface area contributed by atoms with Crippen molar-refractivity contribution in [2.45, 2.75) is 19.5 Å². The molecule has 0 atom stereocenters. The average molecular weight is 421 g/mol. The van der Waals surface area contributed by atoms with Gasteiger partial charge in [0, 0.05) is 30.2 Å². The summed E-state index contributed by atoms with van der Waals surface area (Å²) >= 11 is 3.38. The van der Waals surface area contributed by atoms with Crippen LogP contribution in [0.4, 0.5) is 0 Å². The summed E-state index contributed by atoms with van der Waals surface area (Å²) in [5.41, 5.74) is 0.966. The molecule has 2 heterocycles. The number of rotatable bonds is 5. The van der Waals surface area contributed by atoms with Gasteiger partial charge in [0.1, 0.15) is 5.69 Å². The van der Waals surface area contributed by atoms with Gasteiger partial charge in [0.25, 0.3) is 5.91 Å². The highest BCUT2D eigenvalue weighted by atomic mass is 79.9. The van der Waals surface area contributed by atoms with E-state index < -0.39 is 5.97 Å². The second-order valence-corrected chi connectivity index (χ2v) is 6.85. The molecule has 1 aromatic heterocycles. The number of aryl methyl sites for hydroxylation is 1. The lowest BCUT2D eigenvalue weighted by Gasteiger charge is -2.19. The lowest BCUT2D eigenvalue weighted by atomic mass is 10.2. The van der Waals surface area contributed by atoms with Crippen molar-refractivity contribution in [3.8, 4) is 0 Å². The molecule has 0 bridgehead atoms. The van der Waals surface area contributed by atoms with E-state index in [4.69, 9.17) is 5.11 Å². The highest BCUT2D eigenvalue weighted by Gasteiger charge is 2.27. The maximum Gasteiger partial charge on any atom is 0.356 e. The third kappa shape index (κ3) is 4.10. The van der Waals surface area contributed by atoms with E-state index in [2.05, 4.69) is 26.3 Å². The molecule has 1 aliphatic heterocycles. The average Bonchev–Trinajstić information content (AvgIpc) is 2.97. The lowest BCUT2D eigenvalue weighted by Crippen LogP contribution is -2.40. The van der Waals surface area contributed by atoms with Crippen LogP contribution in [0.2, 0.25) is 0 Å². The number of fused-ring (bicyclic) bond motifs is 1. The van der Waals surface area contributed by atoms with Crippen molar-refractivity contribution in [3.63, 3.8) is 0 Å². The zero-order chi connectivity index (χ0) is 18.7. The van der Waals surface area contributed by atoms with Crippen molar-refractivity contribution >= 4 is 33.7 Å². The molecule has 136 valence electrons. The maximum absolute atomic E-state index is 12.6. The van der Waals surface area contributed by atoms with Crippen LogP contribution in [0.3, 0.4) is 0 Å². The van der Waals surface area contributed by atoms with E-state index in [9.17, 15) is 14.4 Å². The first-order valence-corrected chi connectivity index (χ1v) is 8.85. The Bertz CT molecular complexity index is 864. The molecule has 2 amide bonds. The number of halogens is 1. The number of amides is 2. The van der Waals surface area contributed by atoms with Crippen LogP contribution in [0.5, 0.6) is 0 Å². The zero-order valence-electron chi connectivity index (χ0n) is 13.8. The number of aromatic nitrogens is 2. The molecule has 0 fully saturated rings. The molecular formula is C17H17BrN4O4. The number of carbonyl (C=O) groups excluding carboxylic acids is 2. The fourth-order valence-electron chi connectivity index (χ4n) is 2.77. The van der Waals surface area contributed by atoms with Gasteiger partial charge in [0.15, 0.2) is 5.69 Å². The summed E-state index contributed by atoms with van der Waals surface area (Å²) in [6.45, 7) is 1.13. The molecule has 0 saturated carbocycles. The van der Waals surface area contributed by atoms with Crippen LogP contribution in [0.1, 0.15) is 33.0 Å². The normalized spacial score (nSPS) is 13.9. The minimum Gasteiger partial charge on any atom is -0.476 e. The molecule has 3 rings (SSSR count). The summed E-state index contributed by atoms with van der Waals surface area (Å²) in [6, 6.07) is 8.83. The SMILES string of the molecule is O=C(CN1CCCn2nc(C(=O)O)cc2C1=O)NCc1cccc(Br)c1. The summed E-state index contributed by atoms with van der Waals surface area (Å²) < 4.78 is 2.32. The summed E-state index contributed by atoms with van der Waals surface area (Å²) in [5, 5.41) is 15.7. The van der Waals surface area contributed by atoms with Crippen LogP contribution in [-0.4, -0.2) is 50.7 Å². The topological polar surface area (TPSA) is 105 Å². The van der Waals surface area contributed by atoms with Crippen LogP contribution in [0, 0.1) is 0 Å². The van der Waals surface area contributed by atoms with Gasteiger partial charge in [0.05, 0.1) is 6.54 Å². The fraction of sp³-hybridized carbons (Fsp3) is 0.294. The molecule has 0 spiro atoms. The Hall–Kier alpha value is -2.68. The standard InChI is InChI=1S/C17H17BrN4O4/c18-12-4-1-3-11(7-12)9-19-15(23)10-21-5-2-6-22-14(16(21)24)8-13(20-22)17(25)26/h1,3-4,7-8H,2,5-6,9-10H2,(H,19,23)(H,25,26). The molecule has 0 unspecified atom stereocenters. The largest absolute Gasteiger partial charge is 0.476 e. The number of carboxylic acid groups (broad SMARTS) is 1.